The minimum atomic E-state index is -4.04. The number of thiazole rings is 1. The maximum Gasteiger partial charge on any atom is 0.263 e. The Morgan fingerprint density at radius 3 is 2.69 bits per heavy atom. The first kappa shape index (κ1) is 24.0. The van der Waals surface area contributed by atoms with Crippen LogP contribution >= 0.6 is 22.9 Å². The molecule has 0 aliphatic heterocycles. The highest BCUT2D eigenvalue weighted by atomic mass is 35.5. The van der Waals surface area contributed by atoms with Crippen LogP contribution in [0.15, 0.2) is 52.7 Å². The smallest absolute Gasteiger partial charge is 0.263 e. The number of benzene rings is 2. The third kappa shape index (κ3) is 6.21. The number of carbonyl (C=O) groups excluding carboxylic acids is 1. The molecule has 7 nitrogen and oxygen atoms in total. The van der Waals surface area contributed by atoms with E-state index in [4.69, 9.17) is 16.3 Å². The van der Waals surface area contributed by atoms with Crippen molar-refractivity contribution in [2.75, 3.05) is 18.4 Å². The number of halogens is 1. The van der Waals surface area contributed by atoms with Crippen molar-refractivity contribution in [3.8, 4) is 5.75 Å². The highest BCUT2D eigenvalue weighted by Gasteiger charge is 2.21. The van der Waals surface area contributed by atoms with Gasteiger partial charge in [-0.3, -0.25) is 9.52 Å². The molecule has 0 aliphatic rings. The first-order valence-electron chi connectivity index (χ1n) is 9.95. The van der Waals surface area contributed by atoms with Crippen molar-refractivity contribution in [1.82, 2.24) is 10.3 Å². The molecule has 0 saturated heterocycles. The Balaban J connectivity index is 1.63. The van der Waals surface area contributed by atoms with E-state index in [0.29, 0.717) is 12.3 Å². The van der Waals surface area contributed by atoms with Crippen LogP contribution in [0, 0.1) is 6.92 Å². The molecule has 3 rings (SSSR count). The van der Waals surface area contributed by atoms with Crippen molar-refractivity contribution in [3.63, 3.8) is 0 Å². The minimum Gasteiger partial charge on any atom is -0.495 e. The Labute approximate surface area is 196 Å². The maximum absolute atomic E-state index is 12.9. The van der Waals surface area contributed by atoms with E-state index in [-0.39, 0.29) is 27.1 Å². The normalized spacial score (nSPS) is 11.2. The van der Waals surface area contributed by atoms with Gasteiger partial charge in [-0.15, -0.1) is 11.3 Å². The molecular weight excluding hydrogens is 470 g/mol. The summed E-state index contributed by atoms with van der Waals surface area (Å²) < 4.78 is 33.5. The summed E-state index contributed by atoms with van der Waals surface area (Å²) in [5.41, 5.74) is 1.51. The monoisotopic (exact) mass is 493 g/mol. The number of carbonyl (C=O) groups is 1. The molecule has 0 radical (unpaired) electrons. The second kappa shape index (κ2) is 10.8. The maximum atomic E-state index is 12.9. The fourth-order valence-electron chi connectivity index (χ4n) is 3.00. The lowest BCUT2D eigenvalue weighted by atomic mass is 10.2. The van der Waals surface area contributed by atoms with Crippen LogP contribution in [-0.2, 0) is 16.4 Å². The fraction of sp³-hybridized carbons (Fsp3) is 0.273. The molecule has 2 N–H and O–H groups in total. The lowest BCUT2D eigenvalue weighted by molar-refractivity contribution is 0.0953. The molecule has 10 heteroatoms. The Kier molecular flexibility index (Phi) is 8.11. The number of hydrogen-bond acceptors (Lipinski definition) is 6. The van der Waals surface area contributed by atoms with Crippen LogP contribution in [-0.4, -0.2) is 33.0 Å². The molecular formula is C22H24ClN3O4S2. The van der Waals surface area contributed by atoms with Crippen LogP contribution in [0.4, 0.5) is 5.69 Å². The number of hydrogen-bond donors (Lipinski definition) is 2. The topological polar surface area (TPSA) is 97.4 Å². The third-order valence-corrected chi connectivity index (χ3v) is 7.48. The van der Waals surface area contributed by atoms with Gasteiger partial charge in [0.2, 0.25) is 0 Å². The minimum absolute atomic E-state index is 0.0164. The predicted octanol–water partition coefficient (Wildman–Crippen LogP) is 4.67. The molecule has 0 aliphatic carbocycles. The molecule has 3 aromatic rings. The average molecular weight is 494 g/mol. The molecule has 0 atom stereocenters. The number of ether oxygens (including phenoxy) is 1. The molecule has 0 saturated carbocycles. The van der Waals surface area contributed by atoms with Crippen molar-refractivity contribution in [1.29, 1.82) is 0 Å². The molecule has 0 spiro atoms. The second-order valence-corrected chi connectivity index (χ2v) is 10.0. The SMILES string of the molecule is COc1ccccc1NS(=O)(=O)c1cc(C(=O)NCCCCc2nc(C)cs2)ccc1Cl. The Bertz CT molecular complexity index is 1200. The van der Waals surface area contributed by atoms with Gasteiger partial charge in [0, 0.05) is 23.2 Å². The van der Waals surface area contributed by atoms with Gasteiger partial charge >= 0.3 is 0 Å². The number of para-hydroxylation sites is 2. The van der Waals surface area contributed by atoms with Gasteiger partial charge in [0.15, 0.2) is 0 Å². The molecule has 1 heterocycles. The van der Waals surface area contributed by atoms with E-state index >= 15 is 0 Å². The zero-order valence-corrected chi connectivity index (χ0v) is 20.1. The quantitative estimate of drug-likeness (QED) is 0.400. The van der Waals surface area contributed by atoms with Gasteiger partial charge < -0.3 is 10.1 Å². The van der Waals surface area contributed by atoms with Gasteiger partial charge in [-0.25, -0.2) is 13.4 Å². The fourth-order valence-corrected chi connectivity index (χ4v) is 5.42. The molecule has 170 valence electrons. The van der Waals surface area contributed by atoms with Crippen LogP contribution in [0.2, 0.25) is 5.02 Å². The Morgan fingerprint density at radius 2 is 1.97 bits per heavy atom. The van der Waals surface area contributed by atoms with Crippen molar-refractivity contribution in [2.24, 2.45) is 0 Å². The Morgan fingerprint density at radius 1 is 1.19 bits per heavy atom. The molecule has 2 aromatic carbocycles. The number of aryl methyl sites for hydroxylation is 2. The zero-order valence-electron chi connectivity index (χ0n) is 17.7. The van der Waals surface area contributed by atoms with Crippen LogP contribution in [0.3, 0.4) is 0 Å². The largest absolute Gasteiger partial charge is 0.495 e. The van der Waals surface area contributed by atoms with Crippen molar-refractivity contribution < 1.29 is 17.9 Å². The zero-order chi connectivity index (χ0) is 23.1. The molecule has 0 bridgehead atoms. The lowest BCUT2D eigenvalue weighted by Crippen LogP contribution is -2.25. The number of nitrogens with one attached hydrogen (secondary N) is 2. The van der Waals surface area contributed by atoms with Crippen LogP contribution in [0.5, 0.6) is 5.75 Å². The van der Waals surface area contributed by atoms with Crippen molar-refractivity contribution >= 4 is 44.6 Å². The molecule has 1 amide bonds. The van der Waals surface area contributed by atoms with Crippen LogP contribution in [0.1, 0.15) is 33.9 Å². The number of amides is 1. The first-order chi connectivity index (χ1) is 15.3. The summed E-state index contributed by atoms with van der Waals surface area (Å²) >= 11 is 7.78. The number of anilines is 1. The average Bonchev–Trinajstić information content (AvgIpc) is 3.18. The van der Waals surface area contributed by atoms with E-state index in [1.807, 2.05) is 12.3 Å². The van der Waals surface area contributed by atoms with Crippen LogP contribution < -0.4 is 14.8 Å². The van der Waals surface area contributed by atoms with E-state index in [9.17, 15) is 13.2 Å². The van der Waals surface area contributed by atoms with Gasteiger partial charge in [0.25, 0.3) is 15.9 Å². The van der Waals surface area contributed by atoms with Crippen LogP contribution in [0.25, 0.3) is 0 Å². The highest BCUT2D eigenvalue weighted by Crippen LogP contribution is 2.29. The predicted molar refractivity (Wildman–Crippen MR) is 127 cm³/mol. The number of aromatic nitrogens is 1. The first-order valence-corrected chi connectivity index (χ1v) is 12.7. The van der Waals surface area contributed by atoms with E-state index in [1.54, 1.807) is 35.6 Å². The number of rotatable bonds is 10. The Hall–Kier alpha value is -2.62. The van der Waals surface area contributed by atoms with E-state index < -0.39 is 10.0 Å². The summed E-state index contributed by atoms with van der Waals surface area (Å²) in [6, 6.07) is 10.8. The third-order valence-electron chi connectivity index (χ3n) is 4.60. The summed E-state index contributed by atoms with van der Waals surface area (Å²) in [5, 5.41) is 5.95. The molecule has 0 fully saturated rings. The lowest BCUT2D eigenvalue weighted by Gasteiger charge is -2.13. The van der Waals surface area contributed by atoms with Gasteiger partial charge in [-0.05, 0) is 56.5 Å². The van der Waals surface area contributed by atoms with Gasteiger partial charge in [-0.1, -0.05) is 23.7 Å². The molecule has 0 unspecified atom stereocenters. The standard InChI is InChI=1S/C22H24ClN3O4S2/c1-15-14-31-21(25-15)9-5-6-12-24-22(27)16-10-11-17(23)20(13-16)32(28,29)26-18-7-3-4-8-19(18)30-2/h3-4,7-8,10-11,13-14,26H,5-6,9,12H2,1-2H3,(H,24,27). The number of sulfonamides is 1. The number of nitrogens with zero attached hydrogens (tertiary/aromatic N) is 1. The summed E-state index contributed by atoms with van der Waals surface area (Å²) in [6.45, 7) is 2.44. The van der Waals surface area contributed by atoms with Gasteiger partial charge in [-0.2, -0.15) is 0 Å². The van der Waals surface area contributed by atoms with E-state index in [1.165, 1.54) is 25.3 Å². The molecule has 1 aromatic heterocycles. The summed E-state index contributed by atoms with van der Waals surface area (Å²) in [7, 11) is -2.59. The summed E-state index contributed by atoms with van der Waals surface area (Å²) in [5.74, 6) is 0.00880. The highest BCUT2D eigenvalue weighted by molar-refractivity contribution is 7.92. The van der Waals surface area contributed by atoms with Crippen molar-refractivity contribution in [2.45, 2.75) is 31.1 Å². The molecule has 32 heavy (non-hydrogen) atoms. The summed E-state index contributed by atoms with van der Waals surface area (Å²) in [6.07, 6.45) is 2.56. The number of methoxy groups -OCH3 is 1. The number of unbranched alkanes of at least 4 members (excludes halogenated alkanes) is 1. The van der Waals surface area contributed by atoms with Crippen molar-refractivity contribution in [3.05, 3.63) is 69.1 Å². The van der Waals surface area contributed by atoms with E-state index in [0.717, 1.165) is 30.0 Å². The second-order valence-electron chi connectivity index (χ2n) is 7.05. The van der Waals surface area contributed by atoms with Gasteiger partial charge in [0.1, 0.15) is 10.6 Å². The van der Waals surface area contributed by atoms with Gasteiger partial charge in [0.05, 0.1) is 22.8 Å². The summed E-state index contributed by atoms with van der Waals surface area (Å²) in [4.78, 5) is 16.8. The van der Waals surface area contributed by atoms with E-state index in [2.05, 4.69) is 15.0 Å².